The number of hydrogen-bond donors (Lipinski definition) is 0. The lowest BCUT2D eigenvalue weighted by atomic mass is 9.80. The van der Waals surface area contributed by atoms with E-state index in [1.165, 1.54) is 11.1 Å². The molecule has 0 aromatic heterocycles. The van der Waals surface area contributed by atoms with Crippen molar-refractivity contribution in [3.05, 3.63) is 84.9 Å². The van der Waals surface area contributed by atoms with Gasteiger partial charge >= 0.3 is 8.25 Å². The molecule has 4 aromatic carbocycles. The fourth-order valence-electron chi connectivity index (χ4n) is 4.18. The van der Waals surface area contributed by atoms with Gasteiger partial charge in [0, 0.05) is 11.1 Å². The second-order valence-electron chi connectivity index (χ2n) is 6.90. The van der Waals surface area contributed by atoms with Crippen LogP contribution in [-0.4, -0.2) is 0 Å². The monoisotopic (exact) mass is 382 g/mol. The van der Waals surface area contributed by atoms with Crippen LogP contribution in [0, 0.1) is 0 Å². The molecule has 28 heavy (non-hydrogen) atoms. The summed E-state index contributed by atoms with van der Waals surface area (Å²) in [4.78, 5) is 0. The van der Waals surface area contributed by atoms with Gasteiger partial charge in [0.05, 0.1) is 0 Å². The second-order valence-corrected chi connectivity index (χ2v) is 7.81. The lowest BCUT2D eigenvalue weighted by Crippen LogP contribution is -2.03. The topological polar surface area (TPSA) is 35.5 Å². The summed E-state index contributed by atoms with van der Waals surface area (Å²) in [5, 5.41) is 0. The Morgan fingerprint density at radius 2 is 0.857 bits per heavy atom. The van der Waals surface area contributed by atoms with Crippen LogP contribution in [-0.2, 0) is 4.57 Å². The van der Waals surface area contributed by atoms with Gasteiger partial charge in [0.15, 0.2) is 0 Å². The standard InChI is InChI=1S/C24H15O3P/c25-28(26-21-13-5-11-19-15-7-1-3-9-17(15)23(19)21)27-22-14-6-12-20-16-8-2-4-10-18(16)24(20)22/h1-14,28H. The van der Waals surface area contributed by atoms with E-state index in [1.54, 1.807) is 0 Å². The molecule has 0 atom stereocenters. The minimum atomic E-state index is -2.76. The molecule has 2 aliphatic rings. The Balaban J connectivity index is 1.29. The average molecular weight is 382 g/mol. The Labute approximate surface area is 163 Å². The molecule has 4 aromatic rings. The number of hydrogen-bond acceptors (Lipinski definition) is 3. The van der Waals surface area contributed by atoms with Gasteiger partial charge in [-0.2, -0.15) is 0 Å². The van der Waals surface area contributed by atoms with Gasteiger partial charge in [-0.1, -0.05) is 72.8 Å². The molecule has 0 saturated heterocycles. The minimum Gasteiger partial charge on any atom is -0.417 e. The molecule has 0 amide bonds. The van der Waals surface area contributed by atoms with E-state index in [4.69, 9.17) is 9.05 Å². The summed E-state index contributed by atoms with van der Waals surface area (Å²) >= 11 is 0. The SMILES string of the molecule is O=[PH](Oc1cccc2c1-c1ccccc1-2)Oc1cccc2c1-c1ccccc1-2. The zero-order valence-corrected chi connectivity index (χ0v) is 15.8. The van der Waals surface area contributed by atoms with Crippen LogP contribution in [0.2, 0.25) is 0 Å². The highest BCUT2D eigenvalue weighted by Crippen LogP contribution is 2.55. The van der Waals surface area contributed by atoms with Gasteiger partial charge in [0.1, 0.15) is 11.5 Å². The predicted molar refractivity (Wildman–Crippen MR) is 112 cm³/mol. The van der Waals surface area contributed by atoms with Gasteiger partial charge in [0.25, 0.3) is 0 Å². The van der Waals surface area contributed by atoms with Crippen molar-refractivity contribution >= 4 is 8.25 Å². The van der Waals surface area contributed by atoms with Gasteiger partial charge in [-0.05, 0) is 45.5 Å². The fraction of sp³-hybridized carbons (Fsp3) is 0. The smallest absolute Gasteiger partial charge is 0.417 e. The van der Waals surface area contributed by atoms with Crippen molar-refractivity contribution in [2.75, 3.05) is 0 Å². The normalized spacial score (nSPS) is 12.0. The van der Waals surface area contributed by atoms with Crippen LogP contribution in [0.25, 0.3) is 44.5 Å². The van der Waals surface area contributed by atoms with Crippen molar-refractivity contribution in [3.8, 4) is 56.0 Å². The molecule has 4 heteroatoms. The maximum atomic E-state index is 12.7. The predicted octanol–water partition coefficient (Wildman–Crippen LogP) is 6.83. The Kier molecular flexibility index (Phi) is 3.29. The molecule has 0 unspecified atom stereocenters. The van der Waals surface area contributed by atoms with Crippen molar-refractivity contribution in [1.29, 1.82) is 0 Å². The molecule has 2 aliphatic carbocycles. The highest BCUT2D eigenvalue weighted by molar-refractivity contribution is 7.34. The van der Waals surface area contributed by atoms with E-state index in [9.17, 15) is 4.57 Å². The van der Waals surface area contributed by atoms with Crippen LogP contribution >= 0.6 is 8.25 Å². The van der Waals surface area contributed by atoms with Crippen LogP contribution < -0.4 is 9.05 Å². The van der Waals surface area contributed by atoms with E-state index in [0.29, 0.717) is 11.5 Å². The van der Waals surface area contributed by atoms with E-state index in [-0.39, 0.29) is 0 Å². The van der Waals surface area contributed by atoms with Gasteiger partial charge < -0.3 is 9.05 Å². The maximum Gasteiger partial charge on any atom is 0.419 e. The van der Waals surface area contributed by atoms with Gasteiger partial charge in [-0.3, -0.25) is 0 Å². The molecule has 0 bridgehead atoms. The van der Waals surface area contributed by atoms with Crippen LogP contribution in [0.3, 0.4) is 0 Å². The van der Waals surface area contributed by atoms with Crippen molar-refractivity contribution in [2.24, 2.45) is 0 Å². The van der Waals surface area contributed by atoms with E-state index >= 15 is 0 Å². The van der Waals surface area contributed by atoms with E-state index < -0.39 is 8.25 Å². The highest BCUT2D eigenvalue weighted by Gasteiger charge is 2.28. The molecule has 0 radical (unpaired) electrons. The number of fused-ring (bicyclic) bond motifs is 8. The third kappa shape index (κ3) is 2.14. The Hall–Kier alpha value is -3.29. The Bertz CT molecular complexity index is 1190. The van der Waals surface area contributed by atoms with Gasteiger partial charge in [-0.15, -0.1) is 0 Å². The first-order valence-corrected chi connectivity index (χ1v) is 10.4. The molecule has 6 rings (SSSR count). The van der Waals surface area contributed by atoms with E-state index in [0.717, 1.165) is 33.4 Å². The number of benzene rings is 4. The first-order chi connectivity index (χ1) is 13.8. The van der Waals surface area contributed by atoms with Crippen LogP contribution in [0.15, 0.2) is 84.9 Å². The summed E-state index contributed by atoms with van der Waals surface area (Å²) in [7, 11) is -2.76. The molecule has 0 fully saturated rings. The van der Waals surface area contributed by atoms with Crippen LogP contribution in [0.5, 0.6) is 11.5 Å². The zero-order chi connectivity index (χ0) is 18.7. The minimum absolute atomic E-state index is 0.607. The third-order valence-corrected chi connectivity index (χ3v) is 6.19. The maximum absolute atomic E-state index is 12.7. The van der Waals surface area contributed by atoms with Crippen LogP contribution in [0.4, 0.5) is 0 Å². The molecule has 0 N–H and O–H groups in total. The molecule has 0 spiro atoms. The van der Waals surface area contributed by atoms with E-state index in [1.807, 2.05) is 48.5 Å². The number of rotatable bonds is 4. The largest absolute Gasteiger partial charge is 0.419 e. The molecule has 3 nitrogen and oxygen atoms in total. The highest BCUT2D eigenvalue weighted by atomic mass is 31.1. The van der Waals surface area contributed by atoms with E-state index in [2.05, 4.69) is 36.4 Å². The first-order valence-electron chi connectivity index (χ1n) is 9.16. The molecule has 0 aliphatic heterocycles. The fourth-order valence-corrected chi connectivity index (χ4v) is 4.93. The Morgan fingerprint density at radius 3 is 1.32 bits per heavy atom. The molecular formula is C24H15O3P. The van der Waals surface area contributed by atoms with Crippen molar-refractivity contribution in [1.82, 2.24) is 0 Å². The lowest BCUT2D eigenvalue weighted by molar-refractivity contribution is 0.416. The molecule has 0 saturated carbocycles. The van der Waals surface area contributed by atoms with Gasteiger partial charge in [-0.25, -0.2) is 4.57 Å². The summed E-state index contributed by atoms with van der Waals surface area (Å²) in [5.74, 6) is 1.21. The van der Waals surface area contributed by atoms with Crippen molar-refractivity contribution in [2.45, 2.75) is 0 Å². The summed E-state index contributed by atoms with van der Waals surface area (Å²) in [6.07, 6.45) is 0. The molecule has 134 valence electrons. The summed E-state index contributed by atoms with van der Waals surface area (Å²) < 4.78 is 24.3. The third-order valence-electron chi connectivity index (χ3n) is 5.41. The molecular weight excluding hydrogens is 367 g/mol. The lowest BCUT2D eigenvalue weighted by Gasteiger charge is -2.27. The summed E-state index contributed by atoms with van der Waals surface area (Å²) in [6.45, 7) is 0. The summed E-state index contributed by atoms with van der Waals surface area (Å²) in [5.41, 5.74) is 8.91. The average Bonchev–Trinajstić information content (AvgIpc) is 2.69. The summed E-state index contributed by atoms with van der Waals surface area (Å²) in [6, 6.07) is 28.0. The first kappa shape index (κ1) is 15.7. The Morgan fingerprint density at radius 1 is 0.464 bits per heavy atom. The molecule has 0 heterocycles. The van der Waals surface area contributed by atoms with Crippen LogP contribution in [0.1, 0.15) is 0 Å². The van der Waals surface area contributed by atoms with Crippen molar-refractivity contribution in [3.63, 3.8) is 0 Å². The van der Waals surface area contributed by atoms with Gasteiger partial charge in [0.2, 0.25) is 0 Å². The quantitative estimate of drug-likeness (QED) is 0.314. The zero-order valence-electron chi connectivity index (χ0n) is 14.8. The second kappa shape index (κ2) is 5.85. The van der Waals surface area contributed by atoms with Crippen molar-refractivity contribution < 1.29 is 13.6 Å².